The molecule has 0 aliphatic carbocycles. The number of H-pyrrole nitrogens is 1. The van der Waals surface area contributed by atoms with Crippen molar-refractivity contribution < 1.29 is 0 Å². The maximum absolute atomic E-state index is 11.6. The third-order valence-corrected chi connectivity index (χ3v) is 3.53. The first-order valence-electron chi connectivity index (χ1n) is 6.22. The maximum Gasteiger partial charge on any atom is 0.258 e. The fraction of sp³-hybridized carbons (Fsp3) is 0.385. The molecule has 0 radical (unpaired) electrons. The lowest BCUT2D eigenvalue weighted by Gasteiger charge is -2.32. The molecule has 0 spiro atoms. The Kier molecular flexibility index (Phi) is 2.76. The van der Waals surface area contributed by atoms with E-state index in [0.717, 1.165) is 37.1 Å². The quantitative estimate of drug-likeness (QED) is 0.780. The Balaban J connectivity index is 1.96. The van der Waals surface area contributed by atoms with Gasteiger partial charge in [-0.3, -0.25) is 4.79 Å². The Morgan fingerprint density at radius 2 is 2.11 bits per heavy atom. The van der Waals surface area contributed by atoms with Gasteiger partial charge in [-0.05, 0) is 31.0 Å². The second kappa shape index (κ2) is 4.42. The Morgan fingerprint density at radius 3 is 2.89 bits per heavy atom. The molecule has 18 heavy (non-hydrogen) atoms. The number of hydrogen-bond donors (Lipinski definition) is 2. The van der Waals surface area contributed by atoms with E-state index >= 15 is 0 Å². The van der Waals surface area contributed by atoms with Gasteiger partial charge in [-0.2, -0.15) is 0 Å². The number of hydrogen-bond acceptors (Lipinski definition) is 4. The van der Waals surface area contributed by atoms with Crippen molar-refractivity contribution in [2.24, 2.45) is 5.73 Å². The van der Waals surface area contributed by atoms with E-state index in [1.165, 1.54) is 6.33 Å². The van der Waals surface area contributed by atoms with Gasteiger partial charge >= 0.3 is 0 Å². The smallest absolute Gasteiger partial charge is 0.258 e. The summed E-state index contributed by atoms with van der Waals surface area (Å²) in [4.78, 5) is 20.7. The molecular weight excluding hydrogens is 228 g/mol. The number of piperidine rings is 1. The van der Waals surface area contributed by atoms with Crippen LogP contribution in [0.25, 0.3) is 10.9 Å². The number of aromatic amines is 1. The molecule has 3 N–H and O–H groups in total. The summed E-state index contributed by atoms with van der Waals surface area (Å²) in [6, 6.07) is 6.12. The minimum atomic E-state index is -0.0905. The van der Waals surface area contributed by atoms with Gasteiger partial charge in [0, 0.05) is 24.8 Å². The third-order valence-electron chi connectivity index (χ3n) is 3.53. The fourth-order valence-corrected chi connectivity index (χ4v) is 2.41. The molecule has 1 saturated heterocycles. The van der Waals surface area contributed by atoms with E-state index in [0.29, 0.717) is 11.4 Å². The molecule has 0 saturated carbocycles. The predicted molar refractivity (Wildman–Crippen MR) is 71.8 cm³/mol. The summed E-state index contributed by atoms with van der Waals surface area (Å²) in [6.45, 7) is 1.94. The summed E-state index contributed by atoms with van der Waals surface area (Å²) in [6.07, 6.45) is 3.47. The van der Waals surface area contributed by atoms with Crippen LogP contribution in [-0.2, 0) is 0 Å². The second-order valence-electron chi connectivity index (χ2n) is 4.76. The molecule has 0 unspecified atom stereocenters. The van der Waals surface area contributed by atoms with Crippen molar-refractivity contribution in [3.8, 4) is 0 Å². The van der Waals surface area contributed by atoms with Crippen LogP contribution in [0, 0.1) is 0 Å². The Morgan fingerprint density at radius 1 is 1.33 bits per heavy atom. The number of aromatic nitrogens is 2. The minimum absolute atomic E-state index is 0.0905. The first-order chi connectivity index (χ1) is 8.74. The van der Waals surface area contributed by atoms with Crippen LogP contribution in [0.3, 0.4) is 0 Å². The number of anilines is 1. The Bertz CT molecular complexity index is 614. The number of nitrogens with two attached hydrogens (primary N) is 1. The van der Waals surface area contributed by atoms with Crippen molar-refractivity contribution in [2.75, 3.05) is 18.0 Å². The van der Waals surface area contributed by atoms with Crippen molar-refractivity contribution in [3.05, 3.63) is 34.9 Å². The van der Waals surface area contributed by atoms with Gasteiger partial charge in [0.05, 0.1) is 17.2 Å². The summed E-state index contributed by atoms with van der Waals surface area (Å²) < 4.78 is 0. The highest BCUT2D eigenvalue weighted by molar-refractivity contribution is 5.81. The molecule has 1 aliphatic rings. The van der Waals surface area contributed by atoms with Crippen LogP contribution >= 0.6 is 0 Å². The zero-order valence-electron chi connectivity index (χ0n) is 10.1. The first-order valence-corrected chi connectivity index (χ1v) is 6.22. The summed E-state index contributed by atoms with van der Waals surface area (Å²) in [5.74, 6) is 0. The molecule has 1 aromatic heterocycles. The molecule has 3 rings (SSSR count). The van der Waals surface area contributed by atoms with E-state index in [4.69, 9.17) is 5.73 Å². The highest BCUT2D eigenvalue weighted by Gasteiger charge is 2.16. The van der Waals surface area contributed by atoms with Crippen molar-refractivity contribution in [1.29, 1.82) is 0 Å². The number of fused-ring (bicyclic) bond motifs is 1. The van der Waals surface area contributed by atoms with Crippen LogP contribution in [0.15, 0.2) is 29.3 Å². The topological polar surface area (TPSA) is 75.0 Å². The standard InChI is InChI=1S/C13H16N4O/c14-9-3-5-17(6-4-9)10-1-2-11-12(7-10)15-8-16-13(11)18/h1-2,7-9H,3-6,14H2,(H,15,16,18). The van der Waals surface area contributed by atoms with Gasteiger partial charge < -0.3 is 15.6 Å². The average molecular weight is 244 g/mol. The van der Waals surface area contributed by atoms with Gasteiger partial charge in [0.1, 0.15) is 0 Å². The number of benzene rings is 1. The lowest BCUT2D eigenvalue weighted by atomic mass is 10.1. The van der Waals surface area contributed by atoms with Crippen molar-refractivity contribution in [1.82, 2.24) is 9.97 Å². The van der Waals surface area contributed by atoms with E-state index in [2.05, 4.69) is 14.9 Å². The van der Waals surface area contributed by atoms with E-state index in [-0.39, 0.29) is 5.56 Å². The Hall–Kier alpha value is -1.88. The van der Waals surface area contributed by atoms with Gasteiger partial charge in [0.25, 0.3) is 5.56 Å². The fourth-order valence-electron chi connectivity index (χ4n) is 2.41. The molecule has 5 nitrogen and oxygen atoms in total. The zero-order chi connectivity index (χ0) is 12.5. The van der Waals surface area contributed by atoms with Crippen molar-refractivity contribution in [2.45, 2.75) is 18.9 Å². The van der Waals surface area contributed by atoms with Gasteiger partial charge in [-0.15, -0.1) is 0 Å². The summed E-state index contributed by atoms with van der Waals surface area (Å²) in [5, 5.41) is 0.634. The van der Waals surface area contributed by atoms with Crippen molar-refractivity contribution >= 4 is 16.6 Å². The number of rotatable bonds is 1. The van der Waals surface area contributed by atoms with Gasteiger partial charge in [-0.1, -0.05) is 0 Å². The van der Waals surface area contributed by atoms with Crippen LogP contribution in [0.5, 0.6) is 0 Å². The lowest BCUT2D eigenvalue weighted by molar-refractivity contribution is 0.501. The molecule has 1 aliphatic heterocycles. The van der Waals surface area contributed by atoms with E-state index in [1.54, 1.807) is 0 Å². The molecule has 0 atom stereocenters. The first kappa shape index (κ1) is 11.2. The maximum atomic E-state index is 11.6. The van der Waals surface area contributed by atoms with Crippen LogP contribution in [-0.4, -0.2) is 29.1 Å². The molecule has 1 fully saturated rings. The van der Waals surface area contributed by atoms with Crippen molar-refractivity contribution in [3.63, 3.8) is 0 Å². The summed E-state index contributed by atoms with van der Waals surface area (Å²) in [5.41, 5.74) is 7.67. The van der Waals surface area contributed by atoms with Crippen LogP contribution < -0.4 is 16.2 Å². The zero-order valence-corrected chi connectivity index (χ0v) is 10.1. The molecule has 94 valence electrons. The summed E-state index contributed by atoms with van der Waals surface area (Å²) in [7, 11) is 0. The third kappa shape index (κ3) is 1.97. The van der Waals surface area contributed by atoms with Gasteiger partial charge in [0.15, 0.2) is 0 Å². The SMILES string of the molecule is NC1CCN(c2ccc3c(=O)[nH]cnc3c2)CC1. The second-order valence-corrected chi connectivity index (χ2v) is 4.76. The number of nitrogens with one attached hydrogen (secondary N) is 1. The van der Waals surface area contributed by atoms with Crippen LogP contribution in [0.1, 0.15) is 12.8 Å². The molecule has 0 amide bonds. The highest BCUT2D eigenvalue weighted by Crippen LogP contribution is 2.22. The molecule has 1 aromatic carbocycles. The van der Waals surface area contributed by atoms with Crippen LogP contribution in [0.2, 0.25) is 0 Å². The molecule has 2 aromatic rings. The number of nitrogens with zero attached hydrogens (tertiary/aromatic N) is 2. The lowest BCUT2D eigenvalue weighted by Crippen LogP contribution is -2.39. The molecular formula is C13H16N4O. The molecule has 2 heterocycles. The Labute approximate surface area is 105 Å². The average Bonchev–Trinajstić information content (AvgIpc) is 2.39. The van der Waals surface area contributed by atoms with E-state index in [9.17, 15) is 4.79 Å². The van der Waals surface area contributed by atoms with Gasteiger partial charge in [-0.25, -0.2) is 4.98 Å². The van der Waals surface area contributed by atoms with Crippen LogP contribution in [0.4, 0.5) is 5.69 Å². The molecule has 5 heteroatoms. The highest BCUT2D eigenvalue weighted by atomic mass is 16.1. The van der Waals surface area contributed by atoms with E-state index in [1.807, 2.05) is 18.2 Å². The summed E-state index contributed by atoms with van der Waals surface area (Å²) >= 11 is 0. The van der Waals surface area contributed by atoms with Gasteiger partial charge in [0.2, 0.25) is 0 Å². The largest absolute Gasteiger partial charge is 0.371 e. The predicted octanol–water partition coefficient (Wildman–Crippen LogP) is 0.851. The normalized spacial score (nSPS) is 17.3. The minimum Gasteiger partial charge on any atom is -0.371 e. The van der Waals surface area contributed by atoms with E-state index < -0.39 is 0 Å². The molecule has 0 bridgehead atoms. The monoisotopic (exact) mass is 244 g/mol.